The van der Waals surface area contributed by atoms with Gasteiger partial charge in [0.15, 0.2) is 11.2 Å². The van der Waals surface area contributed by atoms with Crippen molar-refractivity contribution in [1.29, 1.82) is 0 Å². The van der Waals surface area contributed by atoms with E-state index in [9.17, 15) is 4.79 Å². The maximum Gasteiger partial charge on any atom is 0.257 e. The molecule has 7 heteroatoms. The fourth-order valence-corrected chi connectivity index (χ4v) is 5.57. The highest BCUT2D eigenvalue weighted by atomic mass is 16.6. The molecule has 0 aliphatic carbocycles. The molecule has 5 heterocycles. The van der Waals surface area contributed by atoms with E-state index >= 15 is 0 Å². The molecule has 7 nitrogen and oxygen atoms in total. The Kier molecular flexibility index (Phi) is 3.90. The number of rotatable bonds is 2. The Hall–Kier alpha value is -2.93. The molecule has 4 atom stereocenters. The Morgan fingerprint density at radius 2 is 1.97 bits per heavy atom. The topological polar surface area (TPSA) is 63.0 Å². The number of pyridine rings is 1. The first-order valence-electron chi connectivity index (χ1n) is 10.8. The van der Waals surface area contributed by atoms with Crippen LogP contribution in [0.2, 0.25) is 0 Å². The van der Waals surface area contributed by atoms with Gasteiger partial charge in [-0.1, -0.05) is 43.3 Å². The summed E-state index contributed by atoms with van der Waals surface area (Å²) in [7, 11) is 0. The minimum Gasteiger partial charge on any atom is -0.356 e. The lowest BCUT2D eigenvalue weighted by molar-refractivity contribution is -0.145. The lowest BCUT2D eigenvalue weighted by atomic mass is 9.81. The lowest BCUT2D eigenvalue weighted by Crippen LogP contribution is -2.56. The molecule has 3 aliphatic heterocycles. The van der Waals surface area contributed by atoms with E-state index in [4.69, 9.17) is 4.74 Å². The molecular formula is C23H25N5O2. The largest absolute Gasteiger partial charge is 0.356 e. The van der Waals surface area contributed by atoms with Gasteiger partial charge in [-0.15, -0.1) is 0 Å². The molecule has 3 aliphatic rings. The van der Waals surface area contributed by atoms with Crippen molar-refractivity contribution in [3.63, 3.8) is 0 Å². The first kappa shape index (κ1) is 17.9. The number of benzene rings is 1. The van der Waals surface area contributed by atoms with Gasteiger partial charge in [-0.2, -0.15) is 9.61 Å². The van der Waals surface area contributed by atoms with Crippen molar-refractivity contribution in [3.05, 3.63) is 60.4 Å². The molecular weight excluding hydrogens is 378 g/mol. The van der Waals surface area contributed by atoms with Crippen LogP contribution in [0.3, 0.4) is 0 Å². The van der Waals surface area contributed by atoms with E-state index < -0.39 is 5.60 Å². The second kappa shape index (κ2) is 6.54. The maximum atomic E-state index is 13.7. The number of hydrogen-bond acceptors (Lipinski definition) is 5. The molecule has 3 aromatic rings. The summed E-state index contributed by atoms with van der Waals surface area (Å²) >= 11 is 0. The van der Waals surface area contributed by atoms with E-state index in [1.54, 1.807) is 6.33 Å². The zero-order valence-electron chi connectivity index (χ0n) is 17.0. The molecule has 1 aromatic carbocycles. The molecule has 1 spiro atoms. The third-order valence-electron chi connectivity index (χ3n) is 7.11. The maximum absolute atomic E-state index is 13.7. The average molecular weight is 403 g/mol. The van der Waals surface area contributed by atoms with Crippen LogP contribution in [0.4, 0.5) is 5.82 Å². The molecule has 0 saturated carbocycles. The Morgan fingerprint density at radius 3 is 2.80 bits per heavy atom. The predicted molar refractivity (Wildman–Crippen MR) is 112 cm³/mol. The number of hydrogen-bond donors (Lipinski definition) is 0. The zero-order valence-corrected chi connectivity index (χ0v) is 17.0. The van der Waals surface area contributed by atoms with Gasteiger partial charge in [0.2, 0.25) is 0 Å². The SMILES string of the molecule is CC1CN(c2cccc3ncnn23)CC[C@@]12O[C@@H]1CC[C@@H](c3ccccc3)N1C2=O. The van der Waals surface area contributed by atoms with Gasteiger partial charge in [0.05, 0.1) is 6.04 Å². The van der Waals surface area contributed by atoms with Crippen LogP contribution < -0.4 is 4.90 Å². The van der Waals surface area contributed by atoms with Crippen molar-refractivity contribution in [1.82, 2.24) is 19.5 Å². The second-order valence-corrected chi connectivity index (χ2v) is 8.69. The third-order valence-corrected chi connectivity index (χ3v) is 7.11. The Bertz CT molecular complexity index is 1100. The van der Waals surface area contributed by atoms with Gasteiger partial charge >= 0.3 is 0 Å². The first-order valence-corrected chi connectivity index (χ1v) is 10.8. The van der Waals surface area contributed by atoms with Gasteiger partial charge in [-0.05, 0) is 30.5 Å². The van der Waals surface area contributed by atoms with Crippen molar-refractivity contribution in [2.75, 3.05) is 18.0 Å². The van der Waals surface area contributed by atoms with Gasteiger partial charge in [0.25, 0.3) is 5.91 Å². The summed E-state index contributed by atoms with van der Waals surface area (Å²) in [6.07, 6.45) is 4.03. The molecule has 0 bridgehead atoms. The number of fused-ring (bicyclic) bond motifs is 2. The van der Waals surface area contributed by atoms with Gasteiger partial charge in [0, 0.05) is 25.4 Å². The van der Waals surface area contributed by atoms with E-state index in [2.05, 4.69) is 40.1 Å². The van der Waals surface area contributed by atoms with Crippen LogP contribution in [0, 0.1) is 5.92 Å². The highest BCUT2D eigenvalue weighted by Crippen LogP contribution is 2.49. The minimum absolute atomic E-state index is 0.0829. The number of ether oxygens (including phenoxy) is 1. The standard InChI is InChI=1S/C23H25N5O2/c1-16-14-26(20-9-5-8-19-24-15-25-28(19)20)13-12-23(16)22(29)27-18(10-11-21(27)30-23)17-6-3-2-4-7-17/h2-9,15-16,18,21H,10-14H2,1H3/t16?,18-,21+,23+/m0/s1. The predicted octanol–water partition coefficient (Wildman–Crippen LogP) is 3.03. The molecule has 1 amide bonds. The molecule has 30 heavy (non-hydrogen) atoms. The second-order valence-electron chi connectivity index (χ2n) is 8.69. The van der Waals surface area contributed by atoms with E-state index in [-0.39, 0.29) is 24.1 Å². The van der Waals surface area contributed by atoms with E-state index in [1.165, 1.54) is 5.56 Å². The summed E-state index contributed by atoms with van der Waals surface area (Å²) in [6.45, 7) is 3.65. The van der Waals surface area contributed by atoms with Crippen LogP contribution in [0.25, 0.3) is 5.65 Å². The average Bonchev–Trinajstić information content (AvgIpc) is 3.47. The quantitative estimate of drug-likeness (QED) is 0.658. The molecule has 0 N–H and O–H groups in total. The van der Waals surface area contributed by atoms with E-state index in [0.29, 0.717) is 6.42 Å². The molecule has 154 valence electrons. The van der Waals surface area contributed by atoms with Gasteiger partial charge in [0.1, 0.15) is 18.4 Å². The van der Waals surface area contributed by atoms with Gasteiger partial charge in [-0.3, -0.25) is 4.79 Å². The Balaban J connectivity index is 1.27. The third kappa shape index (κ3) is 2.45. The Labute approximate surface area is 175 Å². The summed E-state index contributed by atoms with van der Waals surface area (Å²) < 4.78 is 8.43. The number of carbonyl (C=O) groups is 1. The zero-order chi connectivity index (χ0) is 20.3. The minimum atomic E-state index is -0.717. The molecule has 2 aromatic heterocycles. The summed E-state index contributed by atoms with van der Waals surface area (Å²) in [5.74, 6) is 1.27. The molecule has 6 rings (SSSR count). The summed E-state index contributed by atoms with van der Waals surface area (Å²) in [6, 6.07) is 16.5. The highest BCUT2D eigenvalue weighted by Gasteiger charge is 2.60. The summed E-state index contributed by atoms with van der Waals surface area (Å²) in [5, 5.41) is 4.37. The van der Waals surface area contributed by atoms with Crippen molar-refractivity contribution in [2.45, 2.75) is 44.1 Å². The molecule has 3 fully saturated rings. The van der Waals surface area contributed by atoms with Crippen molar-refractivity contribution in [3.8, 4) is 0 Å². The molecule has 3 saturated heterocycles. The van der Waals surface area contributed by atoms with E-state index in [1.807, 2.05) is 39.7 Å². The monoisotopic (exact) mass is 403 g/mol. The van der Waals surface area contributed by atoms with Crippen molar-refractivity contribution >= 4 is 17.4 Å². The smallest absolute Gasteiger partial charge is 0.257 e. The van der Waals surface area contributed by atoms with Crippen LogP contribution in [-0.2, 0) is 9.53 Å². The summed E-state index contributed by atoms with van der Waals surface area (Å²) in [5.41, 5.74) is 1.32. The fraction of sp³-hybridized carbons (Fsp3) is 0.435. The lowest BCUT2D eigenvalue weighted by Gasteiger charge is -2.43. The van der Waals surface area contributed by atoms with Crippen LogP contribution in [0.15, 0.2) is 54.9 Å². The van der Waals surface area contributed by atoms with E-state index in [0.717, 1.165) is 37.4 Å². The number of amides is 1. The molecule has 0 radical (unpaired) electrons. The van der Waals surface area contributed by atoms with Crippen molar-refractivity contribution in [2.24, 2.45) is 5.92 Å². The number of carbonyl (C=O) groups excluding carboxylic acids is 1. The Morgan fingerprint density at radius 1 is 1.10 bits per heavy atom. The number of nitrogens with zero attached hydrogens (tertiary/aromatic N) is 5. The normalized spacial score (nSPS) is 31.1. The van der Waals surface area contributed by atoms with Crippen molar-refractivity contribution < 1.29 is 9.53 Å². The number of aromatic nitrogens is 3. The fourth-order valence-electron chi connectivity index (χ4n) is 5.57. The molecule has 1 unspecified atom stereocenters. The first-order chi connectivity index (χ1) is 14.7. The van der Waals surface area contributed by atoms with Crippen LogP contribution in [0.5, 0.6) is 0 Å². The highest BCUT2D eigenvalue weighted by molar-refractivity contribution is 5.88. The van der Waals surface area contributed by atoms with Crippen LogP contribution in [0.1, 0.15) is 37.8 Å². The summed E-state index contributed by atoms with van der Waals surface area (Å²) in [4.78, 5) is 22.3. The van der Waals surface area contributed by atoms with Crippen LogP contribution >= 0.6 is 0 Å². The number of piperidine rings is 1. The van der Waals surface area contributed by atoms with Gasteiger partial charge < -0.3 is 14.5 Å². The number of anilines is 1. The van der Waals surface area contributed by atoms with Gasteiger partial charge in [-0.25, -0.2) is 4.98 Å². The van der Waals surface area contributed by atoms with Crippen LogP contribution in [-0.4, -0.2) is 50.3 Å².